The summed E-state index contributed by atoms with van der Waals surface area (Å²) in [6, 6.07) is 4.04. The fourth-order valence-electron chi connectivity index (χ4n) is 4.55. The molecule has 0 aliphatic carbocycles. The Labute approximate surface area is 165 Å². The largest absolute Gasteiger partial charge is 0.480 e. The zero-order valence-electron chi connectivity index (χ0n) is 16.2. The Morgan fingerprint density at radius 2 is 2.07 bits per heavy atom. The molecule has 1 unspecified atom stereocenters. The van der Waals surface area contributed by atoms with Crippen molar-refractivity contribution in [1.29, 1.82) is 5.26 Å². The van der Waals surface area contributed by atoms with Crippen LogP contribution in [0.3, 0.4) is 0 Å². The lowest BCUT2D eigenvalue weighted by molar-refractivity contribution is -0.150. The van der Waals surface area contributed by atoms with Crippen LogP contribution in [-0.2, 0) is 14.3 Å². The minimum Gasteiger partial charge on any atom is -0.480 e. The lowest BCUT2D eigenvalue weighted by Crippen LogP contribution is -2.43. The Kier molecular flexibility index (Phi) is 5.38. The van der Waals surface area contributed by atoms with E-state index in [4.69, 9.17) is 14.2 Å². The van der Waals surface area contributed by atoms with Gasteiger partial charge in [-0.15, -0.1) is 0 Å². The summed E-state index contributed by atoms with van der Waals surface area (Å²) in [5, 5.41) is 9.51. The number of nitriles is 1. The molecule has 28 heavy (non-hydrogen) atoms. The second-order valence-electron chi connectivity index (χ2n) is 7.74. The van der Waals surface area contributed by atoms with Crippen LogP contribution < -0.4 is 9.64 Å². The molecule has 3 aliphatic heterocycles. The number of nitrogens with zero attached hydrogens (tertiary/aromatic N) is 4. The van der Waals surface area contributed by atoms with Gasteiger partial charge in [-0.1, -0.05) is 0 Å². The Morgan fingerprint density at radius 1 is 1.32 bits per heavy atom. The average Bonchev–Trinajstić information content (AvgIpc) is 3.03. The number of methoxy groups -OCH3 is 1. The summed E-state index contributed by atoms with van der Waals surface area (Å²) in [5.74, 6) is 0.282. The van der Waals surface area contributed by atoms with E-state index in [2.05, 4.69) is 20.9 Å². The van der Waals surface area contributed by atoms with Crippen molar-refractivity contribution in [2.45, 2.75) is 25.4 Å². The maximum atomic E-state index is 12.7. The number of hydrogen-bond acceptors (Lipinski definition) is 8. The molecule has 8 heteroatoms. The predicted molar refractivity (Wildman–Crippen MR) is 101 cm³/mol. The van der Waals surface area contributed by atoms with E-state index in [9.17, 15) is 10.1 Å². The molecule has 4 heterocycles. The highest BCUT2D eigenvalue weighted by molar-refractivity contribution is 5.79. The summed E-state index contributed by atoms with van der Waals surface area (Å²) in [6.07, 6.45) is 3.87. The van der Waals surface area contributed by atoms with Crippen LogP contribution in [0.5, 0.6) is 5.88 Å². The smallest absolute Gasteiger partial charge is 0.312 e. The van der Waals surface area contributed by atoms with E-state index >= 15 is 0 Å². The van der Waals surface area contributed by atoms with Crippen LogP contribution in [0.2, 0.25) is 0 Å². The molecule has 3 aliphatic rings. The van der Waals surface area contributed by atoms with Crippen LogP contribution in [0.15, 0.2) is 12.3 Å². The number of carbonyl (C=O) groups is 1. The van der Waals surface area contributed by atoms with E-state index in [0.29, 0.717) is 24.5 Å². The third kappa shape index (κ3) is 3.52. The molecule has 3 fully saturated rings. The van der Waals surface area contributed by atoms with Crippen molar-refractivity contribution in [1.82, 2.24) is 9.88 Å². The number of rotatable bonds is 4. The summed E-state index contributed by atoms with van der Waals surface area (Å²) in [4.78, 5) is 21.3. The highest BCUT2D eigenvalue weighted by atomic mass is 16.6. The van der Waals surface area contributed by atoms with Crippen molar-refractivity contribution in [3.63, 3.8) is 0 Å². The van der Waals surface area contributed by atoms with Gasteiger partial charge in [0, 0.05) is 45.3 Å². The van der Waals surface area contributed by atoms with Crippen molar-refractivity contribution in [2.24, 2.45) is 5.41 Å². The summed E-state index contributed by atoms with van der Waals surface area (Å²) < 4.78 is 16.4. The molecule has 0 saturated carbocycles. The minimum absolute atomic E-state index is 0.0344. The molecule has 150 valence electrons. The van der Waals surface area contributed by atoms with Crippen LogP contribution in [0.1, 0.15) is 24.8 Å². The minimum atomic E-state index is -0.391. The lowest BCUT2D eigenvalue weighted by Gasteiger charge is -2.38. The van der Waals surface area contributed by atoms with Crippen LogP contribution >= 0.6 is 0 Å². The molecule has 3 saturated heterocycles. The first-order chi connectivity index (χ1) is 13.6. The average molecular weight is 386 g/mol. The second-order valence-corrected chi connectivity index (χ2v) is 7.74. The fraction of sp³-hybridized carbons (Fsp3) is 0.650. The fourth-order valence-corrected chi connectivity index (χ4v) is 4.55. The van der Waals surface area contributed by atoms with E-state index in [1.165, 1.54) is 7.11 Å². The molecular weight excluding hydrogens is 360 g/mol. The normalized spacial score (nSPS) is 24.8. The first-order valence-electron chi connectivity index (χ1n) is 9.84. The van der Waals surface area contributed by atoms with Gasteiger partial charge < -0.3 is 19.1 Å². The van der Waals surface area contributed by atoms with Crippen molar-refractivity contribution in [3.8, 4) is 11.9 Å². The number of carbonyl (C=O) groups excluding carboxylic acids is 1. The molecule has 0 aromatic carbocycles. The third-order valence-electron chi connectivity index (χ3n) is 6.15. The van der Waals surface area contributed by atoms with E-state index in [1.54, 1.807) is 6.20 Å². The molecule has 0 amide bonds. The van der Waals surface area contributed by atoms with Crippen molar-refractivity contribution in [2.75, 3.05) is 57.9 Å². The Bertz CT molecular complexity index is 764. The zero-order chi connectivity index (χ0) is 19.6. The summed E-state index contributed by atoms with van der Waals surface area (Å²) in [6.45, 7) is 5.50. The number of anilines is 1. The molecule has 0 radical (unpaired) electrons. The highest BCUT2D eigenvalue weighted by Gasteiger charge is 2.50. The SMILES string of the molecule is COc1nccc(N2CCC3(CC2)CC(CN2CCOCC2)OC3=O)c1C#N. The molecule has 4 rings (SSSR count). The molecule has 1 atom stereocenters. The monoisotopic (exact) mass is 386 g/mol. The quantitative estimate of drug-likeness (QED) is 0.714. The van der Waals surface area contributed by atoms with Gasteiger partial charge in [-0.05, 0) is 18.9 Å². The van der Waals surface area contributed by atoms with Gasteiger partial charge >= 0.3 is 5.97 Å². The van der Waals surface area contributed by atoms with Gasteiger partial charge in [0.1, 0.15) is 17.7 Å². The number of esters is 1. The van der Waals surface area contributed by atoms with Gasteiger partial charge in [-0.3, -0.25) is 9.69 Å². The number of morpholine rings is 1. The zero-order valence-corrected chi connectivity index (χ0v) is 16.2. The number of piperidine rings is 1. The van der Waals surface area contributed by atoms with Crippen molar-refractivity contribution >= 4 is 11.7 Å². The van der Waals surface area contributed by atoms with Crippen LogP contribution in [-0.4, -0.2) is 75.0 Å². The molecule has 0 bridgehead atoms. The highest BCUT2D eigenvalue weighted by Crippen LogP contribution is 2.44. The second kappa shape index (κ2) is 7.94. The van der Waals surface area contributed by atoms with E-state index in [1.807, 2.05) is 6.07 Å². The summed E-state index contributed by atoms with van der Waals surface area (Å²) in [5.41, 5.74) is 0.873. The van der Waals surface area contributed by atoms with Gasteiger partial charge in [0.15, 0.2) is 0 Å². The number of ether oxygens (including phenoxy) is 3. The lowest BCUT2D eigenvalue weighted by atomic mass is 9.76. The number of pyridine rings is 1. The number of aromatic nitrogens is 1. The molecule has 1 spiro atoms. The first kappa shape index (κ1) is 19.0. The van der Waals surface area contributed by atoms with Crippen molar-refractivity contribution in [3.05, 3.63) is 17.8 Å². The standard InChI is InChI=1S/C20H26N4O4/c1-26-18-16(13-21)17(2-5-22-18)24-6-3-20(4-7-24)12-15(28-19(20)25)14-23-8-10-27-11-9-23/h2,5,15H,3-4,6-12,14H2,1H3. The number of hydrogen-bond donors (Lipinski definition) is 0. The molecule has 0 N–H and O–H groups in total. The topological polar surface area (TPSA) is 87.9 Å². The predicted octanol–water partition coefficient (Wildman–Crippen LogP) is 1.20. The van der Waals surface area contributed by atoms with Crippen LogP contribution in [0, 0.1) is 16.7 Å². The Balaban J connectivity index is 1.41. The van der Waals surface area contributed by atoms with Crippen molar-refractivity contribution < 1.29 is 19.0 Å². The van der Waals surface area contributed by atoms with E-state index < -0.39 is 5.41 Å². The van der Waals surface area contributed by atoms with Crippen LogP contribution in [0.4, 0.5) is 5.69 Å². The van der Waals surface area contributed by atoms with E-state index in [0.717, 1.165) is 57.8 Å². The Hall–Kier alpha value is -2.37. The molecule has 8 nitrogen and oxygen atoms in total. The molecule has 1 aromatic heterocycles. The first-order valence-corrected chi connectivity index (χ1v) is 9.84. The van der Waals surface area contributed by atoms with Crippen LogP contribution in [0.25, 0.3) is 0 Å². The Morgan fingerprint density at radius 3 is 2.75 bits per heavy atom. The van der Waals surface area contributed by atoms with Gasteiger partial charge in [0.05, 0.1) is 31.4 Å². The molecular formula is C20H26N4O4. The number of cyclic esters (lactones) is 1. The third-order valence-corrected chi connectivity index (χ3v) is 6.15. The summed E-state index contributed by atoms with van der Waals surface area (Å²) >= 11 is 0. The maximum absolute atomic E-state index is 12.7. The van der Waals surface area contributed by atoms with E-state index in [-0.39, 0.29) is 12.1 Å². The summed E-state index contributed by atoms with van der Waals surface area (Å²) in [7, 11) is 1.52. The maximum Gasteiger partial charge on any atom is 0.312 e. The van der Waals surface area contributed by atoms with Gasteiger partial charge in [-0.25, -0.2) is 4.98 Å². The van der Waals surface area contributed by atoms with Gasteiger partial charge in [-0.2, -0.15) is 5.26 Å². The van der Waals surface area contributed by atoms with Gasteiger partial charge in [0.2, 0.25) is 5.88 Å². The van der Waals surface area contributed by atoms with Gasteiger partial charge in [0.25, 0.3) is 0 Å². The molecule has 1 aromatic rings.